The molecule has 0 aliphatic carbocycles. The molecule has 3 unspecified atom stereocenters. The monoisotopic (exact) mass is 188 g/mol. The summed E-state index contributed by atoms with van der Waals surface area (Å²) in [6.07, 6.45) is 0. The van der Waals surface area contributed by atoms with Crippen LogP contribution in [0, 0.1) is 5.92 Å². The van der Waals surface area contributed by atoms with Gasteiger partial charge in [-0.2, -0.15) is 0 Å². The van der Waals surface area contributed by atoms with Crippen LogP contribution in [0.25, 0.3) is 0 Å². The summed E-state index contributed by atoms with van der Waals surface area (Å²) in [6.45, 7) is 6.35. The van der Waals surface area contributed by atoms with Crippen LogP contribution in [0.5, 0.6) is 0 Å². The van der Waals surface area contributed by atoms with E-state index < -0.39 is 17.0 Å². The van der Waals surface area contributed by atoms with E-state index in [1.54, 1.807) is 13.8 Å². The van der Waals surface area contributed by atoms with E-state index in [1.165, 1.54) is 0 Å². The summed E-state index contributed by atoms with van der Waals surface area (Å²) in [5, 5.41) is 19.8. The van der Waals surface area contributed by atoms with E-state index in [9.17, 15) is 10.2 Å². The maximum atomic E-state index is 9.91. The lowest BCUT2D eigenvalue weighted by Crippen LogP contribution is -2.53. The Morgan fingerprint density at radius 1 is 1.23 bits per heavy atom. The molecule has 0 amide bonds. The van der Waals surface area contributed by atoms with Gasteiger partial charge < -0.3 is 19.7 Å². The lowest BCUT2D eigenvalue weighted by molar-refractivity contribution is -0.245. The first-order valence-corrected chi connectivity index (χ1v) is 4.54. The predicted octanol–water partition coefficient (Wildman–Crippen LogP) is -0.119. The minimum absolute atomic E-state index is 0.340. The van der Waals surface area contributed by atoms with Gasteiger partial charge in [0.15, 0.2) is 5.79 Å². The Bertz CT molecular complexity index is 228. The summed E-state index contributed by atoms with van der Waals surface area (Å²) in [5.74, 6) is -2.13. The average Bonchev–Trinajstić information content (AvgIpc) is 2.90. The topological polar surface area (TPSA) is 65.5 Å². The smallest absolute Gasteiger partial charge is 0.200 e. The molecule has 2 N–H and O–H groups in total. The second-order valence-corrected chi connectivity index (χ2v) is 4.57. The highest BCUT2D eigenvalue weighted by Gasteiger charge is 2.65. The Labute approximate surface area is 77.5 Å². The maximum absolute atomic E-state index is 9.91. The average molecular weight is 188 g/mol. The standard InChI is InChI=1S/C9H16O4/c1-6(7(2)4-12-7)9(10,11)8(3)5-13-8/h6,10-11H,4-5H2,1-3H3. The Morgan fingerprint density at radius 3 is 2.00 bits per heavy atom. The number of hydrogen-bond acceptors (Lipinski definition) is 4. The molecule has 0 radical (unpaired) electrons. The van der Waals surface area contributed by atoms with Gasteiger partial charge in [-0.05, 0) is 13.8 Å². The van der Waals surface area contributed by atoms with Crippen molar-refractivity contribution >= 4 is 0 Å². The number of epoxide rings is 2. The van der Waals surface area contributed by atoms with Crippen LogP contribution in [-0.4, -0.2) is 40.4 Å². The van der Waals surface area contributed by atoms with Crippen LogP contribution in [0.3, 0.4) is 0 Å². The fourth-order valence-electron chi connectivity index (χ4n) is 1.57. The Balaban J connectivity index is 2.14. The maximum Gasteiger partial charge on any atom is 0.200 e. The molecule has 0 saturated carbocycles. The van der Waals surface area contributed by atoms with E-state index in [0.29, 0.717) is 13.2 Å². The highest BCUT2D eigenvalue weighted by Crippen LogP contribution is 2.48. The molecule has 3 atom stereocenters. The zero-order chi connectivity index (χ0) is 9.91. The van der Waals surface area contributed by atoms with Gasteiger partial charge >= 0.3 is 0 Å². The largest absolute Gasteiger partial charge is 0.369 e. The van der Waals surface area contributed by atoms with Gasteiger partial charge in [0.25, 0.3) is 0 Å². The third kappa shape index (κ3) is 1.21. The van der Waals surface area contributed by atoms with E-state index in [4.69, 9.17) is 9.47 Å². The molecule has 2 fully saturated rings. The molecule has 2 aliphatic heterocycles. The van der Waals surface area contributed by atoms with Crippen molar-refractivity contribution in [3.63, 3.8) is 0 Å². The number of hydrogen-bond donors (Lipinski definition) is 2. The zero-order valence-corrected chi connectivity index (χ0v) is 8.20. The van der Waals surface area contributed by atoms with Gasteiger partial charge in [-0.25, -0.2) is 0 Å². The molecule has 0 aromatic rings. The fourth-order valence-corrected chi connectivity index (χ4v) is 1.57. The molecule has 4 heteroatoms. The molecule has 13 heavy (non-hydrogen) atoms. The number of rotatable bonds is 3. The van der Waals surface area contributed by atoms with E-state index in [2.05, 4.69) is 0 Å². The minimum atomic E-state index is -1.79. The SMILES string of the molecule is CC(C1(C)CO1)C(O)(O)C1(C)CO1. The van der Waals surface area contributed by atoms with Crippen molar-refractivity contribution in [3.8, 4) is 0 Å². The summed E-state index contributed by atoms with van der Waals surface area (Å²) in [4.78, 5) is 0. The van der Waals surface area contributed by atoms with Gasteiger partial charge in [-0.1, -0.05) is 6.92 Å². The van der Waals surface area contributed by atoms with Crippen molar-refractivity contribution in [1.82, 2.24) is 0 Å². The normalized spacial score (nSPS) is 45.9. The van der Waals surface area contributed by atoms with Crippen LogP contribution < -0.4 is 0 Å². The quantitative estimate of drug-likeness (QED) is 0.479. The van der Waals surface area contributed by atoms with E-state index in [-0.39, 0.29) is 5.92 Å². The summed E-state index contributed by atoms with van der Waals surface area (Å²) in [6, 6.07) is 0. The van der Waals surface area contributed by atoms with Crippen LogP contribution >= 0.6 is 0 Å². The van der Waals surface area contributed by atoms with Crippen molar-refractivity contribution in [2.45, 2.75) is 37.8 Å². The fraction of sp³-hybridized carbons (Fsp3) is 1.00. The van der Waals surface area contributed by atoms with Crippen molar-refractivity contribution in [2.75, 3.05) is 13.2 Å². The lowest BCUT2D eigenvalue weighted by atomic mass is 9.81. The van der Waals surface area contributed by atoms with Crippen LogP contribution in [0.4, 0.5) is 0 Å². The molecule has 2 saturated heterocycles. The third-order valence-corrected chi connectivity index (χ3v) is 3.48. The minimum Gasteiger partial charge on any atom is -0.369 e. The second kappa shape index (κ2) is 2.25. The molecular formula is C9H16O4. The Morgan fingerprint density at radius 2 is 1.69 bits per heavy atom. The molecule has 2 rings (SSSR count). The first-order valence-electron chi connectivity index (χ1n) is 4.54. The molecule has 0 bridgehead atoms. The van der Waals surface area contributed by atoms with Crippen LogP contribution in [-0.2, 0) is 9.47 Å². The predicted molar refractivity (Wildman–Crippen MR) is 45.0 cm³/mol. The molecule has 2 heterocycles. The highest BCUT2D eigenvalue weighted by atomic mass is 16.7. The molecule has 4 nitrogen and oxygen atoms in total. The summed E-state index contributed by atoms with van der Waals surface area (Å²) in [7, 11) is 0. The summed E-state index contributed by atoms with van der Waals surface area (Å²) >= 11 is 0. The lowest BCUT2D eigenvalue weighted by Gasteiger charge is -2.34. The molecular weight excluding hydrogens is 172 g/mol. The van der Waals surface area contributed by atoms with Gasteiger partial charge in [-0.3, -0.25) is 0 Å². The number of ether oxygens (including phenoxy) is 2. The first-order chi connectivity index (χ1) is 5.82. The van der Waals surface area contributed by atoms with Gasteiger partial charge in [0.1, 0.15) is 5.60 Å². The van der Waals surface area contributed by atoms with Crippen molar-refractivity contribution in [3.05, 3.63) is 0 Å². The van der Waals surface area contributed by atoms with Gasteiger partial charge in [0.05, 0.1) is 18.8 Å². The van der Waals surface area contributed by atoms with Crippen LogP contribution in [0.2, 0.25) is 0 Å². The molecule has 0 aromatic heterocycles. The zero-order valence-electron chi connectivity index (χ0n) is 8.20. The molecule has 2 aliphatic rings. The van der Waals surface area contributed by atoms with E-state index >= 15 is 0 Å². The molecule has 76 valence electrons. The summed E-state index contributed by atoms with van der Waals surface area (Å²) in [5.41, 5.74) is -1.19. The van der Waals surface area contributed by atoms with Crippen LogP contribution in [0.15, 0.2) is 0 Å². The second-order valence-electron chi connectivity index (χ2n) is 4.57. The van der Waals surface area contributed by atoms with Gasteiger partial charge in [0, 0.05) is 5.92 Å². The number of aliphatic hydroxyl groups is 2. The van der Waals surface area contributed by atoms with Crippen molar-refractivity contribution in [2.24, 2.45) is 5.92 Å². The third-order valence-electron chi connectivity index (χ3n) is 3.48. The van der Waals surface area contributed by atoms with E-state index in [0.717, 1.165) is 0 Å². The molecule has 0 aromatic carbocycles. The van der Waals surface area contributed by atoms with E-state index in [1.807, 2.05) is 6.92 Å². The van der Waals surface area contributed by atoms with Crippen molar-refractivity contribution < 1.29 is 19.7 Å². The highest BCUT2D eigenvalue weighted by molar-refractivity contribution is 5.08. The Kier molecular flexibility index (Phi) is 1.63. The first kappa shape index (κ1) is 9.40. The Hall–Kier alpha value is -0.160. The van der Waals surface area contributed by atoms with Gasteiger partial charge in [0.2, 0.25) is 0 Å². The van der Waals surface area contributed by atoms with Gasteiger partial charge in [-0.15, -0.1) is 0 Å². The van der Waals surface area contributed by atoms with Crippen molar-refractivity contribution in [1.29, 1.82) is 0 Å². The van der Waals surface area contributed by atoms with Crippen LogP contribution in [0.1, 0.15) is 20.8 Å². The summed E-state index contributed by atoms with van der Waals surface area (Å²) < 4.78 is 10.2. The molecule has 0 spiro atoms.